The molecule has 0 bridgehead atoms. The lowest BCUT2D eigenvalue weighted by Crippen LogP contribution is -2.51. The highest BCUT2D eigenvalue weighted by Gasteiger charge is 2.21. The third kappa shape index (κ3) is 4.13. The first-order chi connectivity index (χ1) is 10.5. The fraction of sp³-hybridized carbons (Fsp3) is 0.500. The highest BCUT2D eigenvalue weighted by Crippen LogP contribution is 2.15. The van der Waals surface area contributed by atoms with Gasteiger partial charge in [0.2, 0.25) is 11.8 Å². The molecule has 0 aliphatic carbocycles. The molecule has 6 nitrogen and oxygen atoms in total. The Bertz CT molecular complexity index is 519. The number of amides is 2. The van der Waals surface area contributed by atoms with E-state index >= 15 is 0 Å². The number of carbonyl (C=O) groups excluding carboxylic acids is 2. The fourth-order valence-electron chi connectivity index (χ4n) is 2.44. The van der Waals surface area contributed by atoms with Crippen LogP contribution in [0.1, 0.15) is 6.92 Å². The summed E-state index contributed by atoms with van der Waals surface area (Å²) in [6.45, 7) is 4.31. The molecular weight excluding hydrogens is 280 g/mol. The van der Waals surface area contributed by atoms with Crippen LogP contribution in [0.15, 0.2) is 24.3 Å². The normalized spacial score (nSPS) is 14.7. The average Bonchev–Trinajstić information content (AvgIpc) is 2.53. The minimum Gasteiger partial charge on any atom is -0.378 e. The van der Waals surface area contributed by atoms with Gasteiger partial charge < -0.3 is 20.0 Å². The molecule has 6 heteroatoms. The van der Waals surface area contributed by atoms with Crippen LogP contribution in [0.2, 0.25) is 0 Å². The van der Waals surface area contributed by atoms with Crippen molar-refractivity contribution in [2.75, 3.05) is 57.0 Å². The van der Waals surface area contributed by atoms with Gasteiger partial charge in [-0.25, -0.2) is 0 Å². The molecule has 0 unspecified atom stereocenters. The topological polar surface area (TPSA) is 55.9 Å². The number of carbonyl (C=O) groups is 2. The van der Waals surface area contributed by atoms with Crippen LogP contribution in [0.4, 0.5) is 11.4 Å². The van der Waals surface area contributed by atoms with E-state index in [1.807, 2.05) is 43.3 Å². The van der Waals surface area contributed by atoms with Crippen LogP contribution in [0.25, 0.3) is 0 Å². The third-order valence-corrected chi connectivity index (χ3v) is 3.91. The monoisotopic (exact) mass is 304 g/mol. The average molecular weight is 304 g/mol. The molecule has 1 N–H and O–H groups in total. The van der Waals surface area contributed by atoms with Crippen LogP contribution >= 0.6 is 0 Å². The number of hydrogen-bond acceptors (Lipinski definition) is 4. The number of hydrogen-bond donors (Lipinski definition) is 1. The van der Waals surface area contributed by atoms with Crippen LogP contribution < -0.4 is 10.2 Å². The fourth-order valence-corrected chi connectivity index (χ4v) is 2.44. The first-order valence-electron chi connectivity index (χ1n) is 7.52. The first kappa shape index (κ1) is 16.1. The molecular formula is C16H24N4O2. The number of nitrogens with one attached hydrogen (secondary N) is 1. The number of nitrogens with zero attached hydrogens (tertiary/aromatic N) is 3. The van der Waals surface area contributed by atoms with E-state index in [0.717, 1.165) is 11.4 Å². The van der Waals surface area contributed by atoms with Crippen molar-refractivity contribution in [1.82, 2.24) is 9.80 Å². The van der Waals surface area contributed by atoms with Crippen LogP contribution in [-0.4, -0.2) is 68.4 Å². The molecule has 0 saturated carbocycles. The molecule has 0 spiro atoms. The van der Waals surface area contributed by atoms with Crippen LogP contribution in [0.5, 0.6) is 0 Å². The zero-order valence-electron chi connectivity index (χ0n) is 13.5. The maximum atomic E-state index is 12.2. The van der Waals surface area contributed by atoms with Gasteiger partial charge in [-0.2, -0.15) is 0 Å². The second-order valence-corrected chi connectivity index (χ2v) is 5.68. The molecule has 2 rings (SSSR count). The maximum Gasteiger partial charge on any atom is 0.241 e. The Hall–Kier alpha value is -2.24. The van der Waals surface area contributed by atoms with E-state index in [9.17, 15) is 9.59 Å². The molecule has 2 amide bonds. The van der Waals surface area contributed by atoms with E-state index < -0.39 is 0 Å². The molecule has 1 aliphatic rings. The second kappa shape index (κ2) is 7.15. The van der Waals surface area contributed by atoms with Crippen LogP contribution in [0, 0.1) is 0 Å². The lowest BCUT2D eigenvalue weighted by Gasteiger charge is -2.34. The minimum absolute atomic E-state index is 0.0693. The molecule has 1 saturated heterocycles. The highest BCUT2D eigenvalue weighted by molar-refractivity contribution is 5.81. The summed E-state index contributed by atoms with van der Waals surface area (Å²) in [5.74, 6) is 0.145. The molecule has 0 radical (unpaired) electrons. The summed E-state index contributed by atoms with van der Waals surface area (Å²) in [5, 5.41) is 3.15. The molecule has 1 aliphatic heterocycles. The van der Waals surface area contributed by atoms with E-state index in [1.165, 1.54) is 0 Å². The number of anilines is 2. The van der Waals surface area contributed by atoms with E-state index in [-0.39, 0.29) is 18.4 Å². The van der Waals surface area contributed by atoms with Gasteiger partial charge in [-0.05, 0) is 24.3 Å². The van der Waals surface area contributed by atoms with Crippen molar-refractivity contribution >= 4 is 23.2 Å². The van der Waals surface area contributed by atoms with Gasteiger partial charge in [0.15, 0.2) is 0 Å². The number of rotatable bonds is 4. The molecule has 1 heterocycles. The van der Waals surface area contributed by atoms with Gasteiger partial charge in [0.1, 0.15) is 0 Å². The Kier molecular flexibility index (Phi) is 5.25. The smallest absolute Gasteiger partial charge is 0.241 e. The van der Waals surface area contributed by atoms with Gasteiger partial charge in [-0.3, -0.25) is 9.59 Å². The highest BCUT2D eigenvalue weighted by atomic mass is 16.2. The van der Waals surface area contributed by atoms with Gasteiger partial charge in [0.05, 0.1) is 6.54 Å². The summed E-state index contributed by atoms with van der Waals surface area (Å²) >= 11 is 0. The minimum atomic E-state index is 0.0693. The largest absolute Gasteiger partial charge is 0.378 e. The maximum absolute atomic E-state index is 12.2. The summed E-state index contributed by atoms with van der Waals surface area (Å²) < 4.78 is 0. The van der Waals surface area contributed by atoms with Gasteiger partial charge in [-0.1, -0.05) is 0 Å². The predicted molar refractivity (Wildman–Crippen MR) is 88.1 cm³/mol. The second-order valence-electron chi connectivity index (χ2n) is 5.68. The molecule has 120 valence electrons. The predicted octanol–water partition coefficient (Wildman–Crippen LogP) is 0.855. The Morgan fingerprint density at radius 1 is 1.05 bits per heavy atom. The van der Waals surface area contributed by atoms with E-state index in [1.54, 1.807) is 16.7 Å². The van der Waals surface area contributed by atoms with Crippen molar-refractivity contribution in [3.8, 4) is 0 Å². The Morgan fingerprint density at radius 3 is 2.09 bits per heavy atom. The summed E-state index contributed by atoms with van der Waals surface area (Å²) in [7, 11) is 3.99. The summed E-state index contributed by atoms with van der Waals surface area (Å²) in [6.07, 6.45) is 0. The Balaban J connectivity index is 1.79. The van der Waals surface area contributed by atoms with Crippen LogP contribution in [0.3, 0.4) is 0 Å². The third-order valence-electron chi connectivity index (χ3n) is 3.91. The van der Waals surface area contributed by atoms with Gasteiger partial charge >= 0.3 is 0 Å². The van der Waals surface area contributed by atoms with Crippen molar-refractivity contribution in [3.05, 3.63) is 24.3 Å². The van der Waals surface area contributed by atoms with Crippen molar-refractivity contribution < 1.29 is 9.59 Å². The van der Waals surface area contributed by atoms with Gasteiger partial charge in [0.25, 0.3) is 0 Å². The zero-order valence-corrected chi connectivity index (χ0v) is 13.5. The zero-order chi connectivity index (χ0) is 16.1. The SMILES string of the molecule is CC(=O)N1CCN(C(=O)CNc2ccc(N(C)C)cc2)CC1. The van der Waals surface area contributed by atoms with Crippen molar-refractivity contribution in [3.63, 3.8) is 0 Å². The number of benzene rings is 1. The van der Waals surface area contributed by atoms with Crippen molar-refractivity contribution in [1.29, 1.82) is 0 Å². The molecule has 1 fully saturated rings. The molecule has 1 aromatic rings. The van der Waals surface area contributed by atoms with Crippen LogP contribution in [-0.2, 0) is 9.59 Å². The molecule has 0 atom stereocenters. The van der Waals surface area contributed by atoms with E-state index in [2.05, 4.69) is 5.32 Å². The van der Waals surface area contributed by atoms with Crippen molar-refractivity contribution in [2.24, 2.45) is 0 Å². The molecule has 22 heavy (non-hydrogen) atoms. The Morgan fingerprint density at radius 2 is 1.59 bits per heavy atom. The first-order valence-corrected chi connectivity index (χ1v) is 7.52. The Labute approximate surface area is 131 Å². The van der Waals surface area contributed by atoms with Gasteiger partial charge in [-0.15, -0.1) is 0 Å². The standard InChI is InChI=1S/C16H24N4O2/c1-13(21)19-8-10-20(11-9-19)16(22)12-17-14-4-6-15(7-5-14)18(2)3/h4-7,17H,8-12H2,1-3H3. The summed E-state index contributed by atoms with van der Waals surface area (Å²) in [6, 6.07) is 7.96. The summed E-state index contributed by atoms with van der Waals surface area (Å²) in [4.78, 5) is 29.1. The number of piperazine rings is 1. The quantitative estimate of drug-likeness (QED) is 0.896. The lowest BCUT2D eigenvalue weighted by atomic mass is 10.2. The van der Waals surface area contributed by atoms with E-state index in [0.29, 0.717) is 26.2 Å². The van der Waals surface area contributed by atoms with Gasteiger partial charge in [0, 0.05) is 58.6 Å². The van der Waals surface area contributed by atoms with E-state index in [4.69, 9.17) is 0 Å². The van der Waals surface area contributed by atoms with Crippen molar-refractivity contribution in [2.45, 2.75) is 6.92 Å². The molecule has 0 aromatic heterocycles. The lowest BCUT2D eigenvalue weighted by molar-refractivity contribution is -0.137. The molecule has 1 aromatic carbocycles. The summed E-state index contributed by atoms with van der Waals surface area (Å²) in [5.41, 5.74) is 2.05.